The van der Waals surface area contributed by atoms with E-state index in [1.54, 1.807) is 13.3 Å². The number of anilines is 1. The van der Waals surface area contributed by atoms with Gasteiger partial charge in [0, 0.05) is 30.2 Å². The topological polar surface area (TPSA) is 77.8 Å². The summed E-state index contributed by atoms with van der Waals surface area (Å²) in [5.41, 5.74) is 2.86. The predicted molar refractivity (Wildman–Crippen MR) is 95.8 cm³/mol. The van der Waals surface area contributed by atoms with Gasteiger partial charge in [-0.25, -0.2) is 9.97 Å². The van der Waals surface area contributed by atoms with Crippen LogP contribution >= 0.6 is 0 Å². The lowest BCUT2D eigenvalue weighted by Crippen LogP contribution is -2.33. The largest absolute Gasteiger partial charge is 0.497 e. The fourth-order valence-electron chi connectivity index (χ4n) is 3.55. The number of methoxy groups -OCH3 is 1. The van der Waals surface area contributed by atoms with E-state index in [0.717, 1.165) is 43.0 Å². The van der Waals surface area contributed by atoms with Crippen LogP contribution in [-0.4, -0.2) is 35.2 Å². The van der Waals surface area contributed by atoms with Crippen molar-refractivity contribution in [2.24, 2.45) is 0 Å². The molecule has 3 aromatic rings. The minimum absolute atomic E-state index is 0.353. The molecule has 1 saturated heterocycles. The van der Waals surface area contributed by atoms with Crippen LogP contribution < -0.4 is 9.64 Å². The number of piperidine rings is 1. The lowest BCUT2D eigenvalue weighted by molar-refractivity contribution is 0.415. The number of hydrogen-bond acceptors (Lipinski definition) is 5. The van der Waals surface area contributed by atoms with Crippen molar-refractivity contribution in [2.45, 2.75) is 18.8 Å². The van der Waals surface area contributed by atoms with Crippen molar-refractivity contribution in [1.82, 2.24) is 15.0 Å². The van der Waals surface area contributed by atoms with Gasteiger partial charge in [0.2, 0.25) is 0 Å². The molecule has 2 aromatic heterocycles. The van der Waals surface area contributed by atoms with Crippen molar-refractivity contribution in [1.29, 1.82) is 5.26 Å². The maximum atomic E-state index is 8.83. The van der Waals surface area contributed by atoms with Gasteiger partial charge in [-0.1, -0.05) is 0 Å². The van der Waals surface area contributed by atoms with Gasteiger partial charge in [0.05, 0.1) is 19.5 Å². The summed E-state index contributed by atoms with van der Waals surface area (Å²) in [5, 5.41) is 10.1. The zero-order valence-corrected chi connectivity index (χ0v) is 14.1. The van der Waals surface area contributed by atoms with Crippen molar-refractivity contribution in [2.75, 3.05) is 25.1 Å². The molecule has 0 bridgehead atoms. The molecule has 0 spiro atoms. The number of aromatic nitrogens is 3. The number of aromatic amines is 1. The molecule has 0 radical (unpaired) electrons. The Morgan fingerprint density at radius 2 is 2.08 bits per heavy atom. The molecule has 3 heterocycles. The number of rotatable bonds is 3. The first kappa shape index (κ1) is 15.5. The number of hydrogen-bond donors (Lipinski definition) is 1. The highest BCUT2D eigenvalue weighted by atomic mass is 16.5. The number of nitrogens with zero attached hydrogens (tertiary/aromatic N) is 4. The molecule has 0 saturated carbocycles. The number of nitriles is 1. The fourth-order valence-corrected chi connectivity index (χ4v) is 3.55. The Kier molecular flexibility index (Phi) is 3.98. The number of ether oxygens (including phenoxy) is 1. The molecule has 1 fully saturated rings. The standard InChI is InChI=1S/C19H19N5O/c1-25-15-2-3-18-16(8-15)17(11-22-18)13-4-6-24(7-5-13)19-12-21-14(9-20)10-23-19/h2-3,8,10-13,22H,4-7H2,1H3. The molecule has 6 nitrogen and oxygen atoms in total. The number of fused-ring (bicyclic) bond motifs is 1. The van der Waals surface area contributed by atoms with Crippen molar-refractivity contribution < 1.29 is 4.74 Å². The second-order valence-electron chi connectivity index (χ2n) is 6.29. The van der Waals surface area contributed by atoms with E-state index in [0.29, 0.717) is 11.6 Å². The Bertz CT molecular complexity index is 917. The van der Waals surface area contributed by atoms with Crippen LogP contribution in [0.5, 0.6) is 5.75 Å². The van der Waals surface area contributed by atoms with E-state index in [-0.39, 0.29) is 0 Å². The first-order chi connectivity index (χ1) is 12.3. The van der Waals surface area contributed by atoms with Crippen LogP contribution in [0.1, 0.15) is 30.0 Å². The van der Waals surface area contributed by atoms with E-state index < -0.39 is 0 Å². The van der Waals surface area contributed by atoms with Crippen molar-refractivity contribution in [3.63, 3.8) is 0 Å². The van der Waals surface area contributed by atoms with Crippen molar-refractivity contribution >= 4 is 16.7 Å². The van der Waals surface area contributed by atoms with Gasteiger partial charge >= 0.3 is 0 Å². The molecule has 25 heavy (non-hydrogen) atoms. The summed E-state index contributed by atoms with van der Waals surface area (Å²) in [5.74, 6) is 2.25. The molecule has 1 aliphatic heterocycles. The summed E-state index contributed by atoms with van der Waals surface area (Å²) in [6.07, 6.45) is 7.48. The third kappa shape index (κ3) is 2.89. The molecule has 126 valence electrons. The van der Waals surface area contributed by atoms with E-state index in [4.69, 9.17) is 10.00 Å². The van der Waals surface area contributed by atoms with E-state index in [1.165, 1.54) is 17.1 Å². The quantitative estimate of drug-likeness (QED) is 0.796. The predicted octanol–water partition coefficient (Wildman–Crippen LogP) is 3.22. The summed E-state index contributed by atoms with van der Waals surface area (Å²) in [6, 6.07) is 8.16. The first-order valence-electron chi connectivity index (χ1n) is 8.40. The molecule has 0 unspecified atom stereocenters. The summed E-state index contributed by atoms with van der Waals surface area (Å²) >= 11 is 0. The number of benzene rings is 1. The van der Waals surface area contributed by atoms with Crippen LogP contribution in [0.25, 0.3) is 10.9 Å². The third-order valence-electron chi connectivity index (χ3n) is 4.93. The molecule has 1 aromatic carbocycles. The summed E-state index contributed by atoms with van der Waals surface area (Å²) in [4.78, 5) is 14.1. The maximum Gasteiger partial charge on any atom is 0.158 e. The van der Waals surface area contributed by atoms with Gasteiger partial charge in [-0.2, -0.15) is 5.26 Å². The third-order valence-corrected chi connectivity index (χ3v) is 4.93. The molecule has 4 rings (SSSR count). The van der Waals surface area contributed by atoms with Crippen LogP contribution in [0, 0.1) is 11.3 Å². The lowest BCUT2D eigenvalue weighted by Gasteiger charge is -2.32. The molecule has 6 heteroatoms. The van der Waals surface area contributed by atoms with Gasteiger partial charge < -0.3 is 14.6 Å². The Morgan fingerprint density at radius 3 is 2.76 bits per heavy atom. The Balaban J connectivity index is 1.51. The maximum absolute atomic E-state index is 8.83. The van der Waals surface area contributed by atoms with E-state index in [9.17, 15) is 0 Å². The highest BCUT2D eigenvalue weighted by Gasteiger charge is 2.23. The first-order valence-corrected chi connectivity index (χ1v) is 8.40. The Hall–Kier alpha value is -3.07. The van der Waals surface area contributed by atoms with Crippen LogP contribution in [0.4, 0.5) is 5.82 Å². The van der Waals surface area contributed by atoms with Gasteiger partial charge in [0.15, 0.2) is 5.69 Å². The molecule has 0 atom stereocenters. The average molecular weight is 333 g/mol. The van der Waals surface area contributed by atoms with Crippen LogP contribution in [-0.2, 0) is 0 Å². The van der Waals surface area contributed by atoms with Crippen LogP contribution in [0.2, 0.25) is 0 Å². The van der Waals surface area contributed by atoms with Gasteiger partial charge in [0.1, 0.15) is 17.6 Å². The number of H-pyrrole nitrogens is 1. The molecular weight excluding hydrogens is 314 g/mol. The van der Waals surface area contributed by atoms with E-state index in [1.807, 2.05) is 12.1 Å². The van der Waals surface area contributed by atoms with Gasteiger partial charge in [-0.05, 0) is 42.5 Å². The second-order valence-corrected chi connectivity index (χ2v) is 6.29. The molecule has 0 aliphatic carbocycles. The van der Waals surface area contributed by atoms with Crippen molar-refractivity contribution in [3.05, 3.63) is 48.0 Å². The molecule has 0 amide bonds. The average Bonchev–Trinajstić information content (AvgIpc) is 3.11. The van der Waals surface area contributed by atoms with Gasteiger partial charge in [-0.15, -0.1) is 0 Å². The number of nitrogens with one attached hydrogen (secondary N) is 1. The lowest BCUT2D eigenvalue weighted by atomic mass is 9.89. The Morgan fingerprint density at radius 1 is 1.24 bits per heavy atom. The highest BCUT2D eigenvalue weighted by molar-refractivity contribution is 5.85. The summed E-state index contributed by atoms with van der Waals surface area (Å²) < 4.78 is 5.37. The second kappa shape index (κ2) is 6.44. The SMILES string of the molecule is COc1ccc2[nH]cc(C3CCN(c4cnc(C#N)cn4)CC3)c2c1. The van der Waals surface area contributed by atoms with Crippen molar-refractivity contribution in [3.8, 4) is 11.8 Å². The van der Waals surface area contributed by atoms with E-state index in [2.05, 4.69) is 38.2 Å². The van der Waals surface area contributed by atoms with Gasteiger partial charge in [-0.3, -0.25) is 0 Å². The zero-order valence-electron chi connectivity index (χ0n) is 14.1. The normalized spacial score (nSPS) is 15.3. The fraction of sp³-hybridized carbons (Fsp3) is 0.316. The smallest absolute Gasteiger partial charge is 0.158 e. The monoisotopic (exact) mass is 333 g/mol. The molecular formula is C19H19N5O. The highest BCUT2D eigenvalue weighted by Crippen LogP contribution is 2.35. The minimum atomic E-state index is 0.353. The summed E-state index contributed by atoms with van der Waals surface area (Å²) in [6.45, 7) is 1.86. The minimum Gasteiger partial charge on any atom is -0.497 e. The van der Waals surface area contributed by atoms with Crippen LogP contribution in [0.3, 0.4) is 0 Å². The zero-order chi connectivity index (χ0) is 17.2. The summed E-state index contributed by atoms with van der Waals surface area (Å²) in [7, 11) is 1.70. The molecule has 1 N–H and O–H groups in total. The Labute approximate surface area is 146 Å². The molecule has 1 aliphatic rings. The van der Waals surface area contributed by atoms with Crippen LogP contribution in [0.15, 0.2) is 36.8 Å². The van der Waals surface area contributed by atoms with E-state index >= 15 is 0 Å². The van der Waals surface area contributed by atoms with Gasteiger partial charge in [0.25, 0.3) is 0 Å².